The van der Waals surface area contributed by atoms with Crippen molar-refractivity contribution in [2.24, 2.45) is 0 Å². The van der Waals surface area contributed by atoms with Crippen LogP contribution in [0.5, 0.6) is 0 Å². The van der Waals surface area contributed by atoms with E-state index in [-0.39, 0.29) is 0 Å². The van der Waals surface area contributed by atoms with Crippen LogP contribution in [0.4, 0.5) is 17.1 Å². The van der Waals surface area contributed by atoms with Crippen LogP contribution >= 0.6 is 0 Å². The molecule has 0 N–H and O–H groups in total. The molecule has 7 aromatic carbocycles. The molecule has 0 amide bonds. The van der Waals surface area contributed by atoms with Crippen molar-refractivity contribution in [2.75, 3.05) is 4.90 Å². The Morgan fingerprint density at radius 1 is 0.391 bits per heavy atom. The molecule has 46 heavy (non-hydrogen) atoms. The first-order valence-corrected chi connectivity index (χ1v) is 15.7. The third-order valence-electron chi connectivity index (χ3n) is 9.74. The summed E-state index contributed by atoms with van der Waals surface area (Å²) in [6.07, 6.45) is 0.964. The van der Waals surface area contributed by atoms with Gasteiger partial charge in [-0.3, -0.25) is 4.79 Å². The van der Waals surface area contributed by atoms with Gasteiger partial charge in [-0.05, 0) is 98.1 Å². The van der Waals surface area contributed by atoms with Gasteiger partial charge < -0.3 is 4.90 Å². The van der Waals surface area contributed by atoms with E-state index in [1.165, 1.54) is 55.6 Å². The number of rotatable bonds is 5. The fraction of sp³-hybridized carbons (Fsp3) is 0.0227. The normalized spacial score (nSPS) is 13.0. The Morgan fingerprint density at radius 3 is 1.52 bits per heavy atom. The Balaban J connectivity index is 1.29. The van der Waals surface area contributed by atoms with Crippen molar-refractivity contribution >= 4 is 23.3 Å². The lowest BCUT2D eigenvalue weighted by molar-refractivity contribution is 0.112. The SMILES string of the molecule is O=Cc1ccc2c(c1)C1(c3ccccc3-c3ccccc31)c1cc(N(c3ccccc3)c3ccc(-c4ccccc4)cc3)ccc1-2. The van der Waals surface area contributed by atoms with E-state index in [2.05, 4.69) is 169 Å². The van der Waals surface area contributed by atoms with Gasteiger partial charge in [-0.1, -0.05) is 127 Å². The van der Waals surface area contributed by atoms with E-state index in [1.807, 2.05) is 6.07 Å². The monoisotopic (exact) mass is 587 g/mol. The van der Waals surface area contributed by atoms with Gasteiger partial charge in [0.25, 0.3) is 0 Å². The summed E-state index contributed by atoms with van der Waals surface area (Å²) >= 11 is 0. The van der Waals surface area contributed by atoms with Gasteiger partial charge in [0.2, 0.25) is 0 Å². The largest absolute Gasteiger partial charge is 0.310 e. The molecule has 7 aromatic rings. The third kappa shape index (κ3) is 3.74. The van der Waals surface area contributed by atoms with Gasteiger partial charge in [0.15, 0.2) is 0 Å². The highest BCUT2D eigenvalue weighted by atomic mass is 16.1. The van der Waals surface area contributed by atoms with Crippen LogP contribution in [0, 0.1) is 0 Å². The van der Waals surface area contributed by atoms with Crippen LogP contribution < -0.4 is 4.90 Å². The van der Waals surface area contributed by atoms with E-state index >= 15 is 0 Å². The highest BCUT2D eigenvalue weighted by Crippen LogP contribution is 2.63. The maximum absolute atomic E-state index is 12.1. The minimum atomic E-state index is -0.535. The van der Waals surface area contributed by atoms with Crippen molar-refractivity contribution in [3.63, 3.8) is 0 Å². The van der Waals surface area contributed by atoms with Crippen molar-refractivity contribution in [1.29, 1.82) is 0 Å². The lowest BCUT2D eigenvalue weighted by Crippen LogP contribution is -2.26. The highest BCUT2D eigenvalue weighted by Gasteiger charge is 2.51. The van der Waals surface area contributed by atoms with Gasteiger partial charge in [0.1, 0.15) is 6.29 Å². The molecule has 0 saturated carbocycles. The maximum Gasteiger partial charge on any atom is 0.150 e. The van der Waals surface area contributed by atoms with Crippen molar-refractivity contribution < 1.29 is 4.79 Å². The molecule has 2 aliphatic carbocycles. The zero-order chi connectivity index (χ0) is 30.7. The lowest BCUT2D eigenvalue weighted by atomic mass is 9.70. The molecule has 0 aromatic heterocycles. The molecule has 2 nitrogen and oxygen atoms in total. The molecule has 0 bridgehead atoms. The smallest absolute Gasteiger partial charge is 0.150 e. The number of para-hydroxylation sites is 1. The summed E-state index contributed by atoms with van der Waals surface area (Å²) in [5, 5.41) is 0. The van der Waals surface area contributed by atoms with Gasteiger partial charge in [-0.2, -0.15) is 0 Å². The van der Waals surface area contributed by atoms with Crippen molar-refractivity contribution in [1.82, 2.24) is 0 Å². The number of carbonyl (C=O) groups excluding carboxylic acids is 1. The molecule has 9 rings (SSSR count). The number of benzene rings is 7. The summed E-state index contributed by atoms with van der Waals surface area (Å²) in [5.41, 5.74) is 15.6. The molecule has 2 aliphatic rings. The summed E-state index contributed by atoms with van der Waals surface area (Å²) in [6, 6.07) is 60.5. The number of carbonyl (C=O) groups is 1. The van der Waals surface area contributed by atoms with E-state index < -0.39 is 5.41 Å². The predicted octanol–water partition coefficient (Wildman–Crippen LogP) is 11.0. The first kappa shape index (κ1) is 26.4. The summed E-state index contributed by atoms with van der Waals surface area (Å²) in [4.78, 5) is 14.5. The molecular formula is C44H29NO. The molecule has 1 spiro atoms. The summed E-state index contributed by atoms with van der Waals surface area (Å²) in [6.45, 7) is 0. The fourth-order valence-electron chi connectivity index (χ4n) is 7.82. The Kier molecular flexibility index (Phi) is 5.91. The third-order valence-corrected chi connectivity index (χ3v) is 9.74. The quantitative estimate of drug-likeness (QED) is 0.187. The number of nitrogens with zero attached hydrogens (tertiary/aromatic N) is 1. The van der Waals surface area contributed by atoms with Crippen molar-refractivity contribution in [3.05, 3.63) is 198 Å². The van der Waals surface area contributed by atoms with Crippen LogP contribution in [0.1, 0.15) is 32.6 Å². The molecule has 2 heteroatoms. The van der Waals surface area contributed by atoms with Gasteiger partial charge >= 0.3 is 0 Å². The van der Waals surface area contributed by atoms with Crippen LogP contribution in [-0.4, -0.2) is 6.29 Å². The van der Waals surface area contributed by atoms with Gasteiger partial charge in [-0.15, -0.1) is 0 Å². The molecular weight excluding hydrogens is 558 g/mol. The first-order chi connectivity index (χ1) is 22.8. The molecule has 0 atom stereocenters. The Hall–Kier alpha value is -5.99. The highest BCUT2D eigenvalue weighted by molar-refractivity contribution is 5.97. The first-order valence-electron chi connectivity index (χ1n) is 15.7. The van der Waals surface area contributed by atoms with E-state index in [0.717, 1.165) is 23.3 Å². The number of aldehydes is 1. The van der Waals surface area contributed by atoms with E-state index in [9.17, 15) is 4.79 Å². The lowest BCUT2D eigenvalue weighted by Gasteiger charge is -2.32. The minimum absolute atomic E-state index is 0.535. The van der Waals surface area contributed by atoms with Crippen LogP contribution in [0.3, 0.4) is 0 Å². The van der Waals surface area contributed by atoms with Gasteiger partial charge in [0.05, 0.1) is 5.41 Å². The molecule has 0 unspecified atom stereocenters. The molecule has 0 heterocycles. The Labute approximate surface area is 268 Å². The predicted molar refractivity (Wildman–Crippen MR) is 188 cm³/mol. The second-order valence-electron chi connectivity index (χ2n) is 12.1. The van der Waals surface area contributed by atoms with E-state index in [4.69, 9.17) is 0 Å². The van der Waals surface area contributed by atoms with E-state index in [1.54, 1.807) is 0 Å². The van der Waals surface area contributed by atoms with Crippen LogP contribution in [0.15, 0.2) is 170 Å². The average molecular weight is 588 g/mol. The summed E-state index contributed by atoms with van der Waals surface area (Å²) in [7, 11) is 0. The maximum atomic E-state index is 12.1. The van der Waals surface area contributed by atoms with Crippen LogP contribution in [-0.2, 0) is 5.41 Å². The second-order valence-corrected chi connectivity index (χ2v) is 12.1. The van der Waals surface area contributed by atoms with Gasteiger partial charge in [0, 0.05) is 22.6 Å². The number of hydrogen-bond acceptors (Lipinski definition) is 2. The summed E-state index contributed by atoms with van der Waals surface area (Å²) < 4.78 is 0. The Morgan fingerprint density at radius 2 is 0.870 bits per heavy atom. The number of fused-ring (bicyclic) bond motifs is 10. The minimum Gasteiger partial charge on any atom is -0.310 e. The summed E-state index contributed by atoms with van der Waals surface area (Å²) in [5.74, 6) is 0. The fourth-order valence-corrected chi connectivity index (χ4v) is 7.82. The van der Waals surface area contributed by atoms with E-state index in [0.29, 0.717) is 5.56 Å². The van der Waals surface area contributed by atoms with Gasteiger partial charge in [-0.25, -0.2) is 0 Å². The van der Waals surface area contributed by atoms with Crippen LogP contribution in [0.25, 0.3) is 33.4 Å². The van der Waals surface area contributed by atoms with Crippen LogP contribution in [0.2, 0.25) is 0 Å². The number of anilines is 3. The second kappa shape index (κ2) is 10.3. The van der Waals surface area contributed by atoms with Crippen molar-refractivity contribution in [3.8, 4) is 33.4 Å². The molecule has 216 valence electrons. The molecule has 0 radical (unpaired) electrons. The zero-order valence-corrected chi connectivity index (χ0v) is 25.1. The average Bonchev–Trinajstić information content (AvgIpc) is 3.59. The number of hydrogen-bond donors (Lipinski definition) is 0. The molecule has 0 fully saturated rings. The van der Waals surface area contributed by atoms with Crippen molar-refractivity contribution in [2.45, 2.75) is 5.41 Å². The zero-order valence-electron chi connectivity index (χ0n) is 25.1. The molecule has 0 aliphatic heterocycles. The molecule has 0 saturated heterocycles. The topological polar surface area (TPSA) is 20.3 Å². The standard InChI is InChI=1S/C44H29NO/c46-29-30-19-25-38-39-26-24-35(45(33-13-5-2-6-14-33)34-22-20-32(21-23-34)31-11-3-1-4-12-31)28-43(39)44(42(38)27-30)40-17-9-7-15-36(40)37-16-8-10-18-41(37)44/h1-29H. The Bertz CT molecular complexity index is 2220.